The number of aromatic nitrogens is 1. The van der Waals surface area contributed by atoms with Crippen molar-refractivity contribution in [2.75, 3.05) is 11.9 Å². The third-order valence-electron chi connectivity index (χ3n) is 1.46. The highest BCUT2D eigenvalue weighted by atomic mass is 32.1. The van der Waals surface area contributed by atoms with Crippen LogP contribution in [0.15, 0.2) is 6.20 Å². The molecule has 0 aromatic carbocycles. The zero-order chi connectivity index (χ0) is 9.14. The SMILES string of the molecule is CC(=O)N(C)c1ncc(CO)s1. The van der Waals surface area contributed by atoms with Gasteiger partial charge < -0.3 is 5.11 Å². The second-order valence-electron chi connectivity index (χ2n) is 2.35. The maximum atomic E-state index is 10.9. The zero-order valence-electron chi connectivity index (χ0n) is 6.94. The predicted molar refractivity (Wildman–Crippen MR) is 47.1 cm³/mol. The third-order valence-corrected chi connectivity index (χ3v) is 2.52. The molecule has 0 saturated heterocycles. The molecule has 1 heterocycles. The van der Waals surface area contributed by atoms with Gasteiger partial charge in [-0.15, -0.1) is 0 Å². The van der Waals surface area contributed by atoms with Gasteiger partial charge in [0, 0.05) is 20.2 Å². The Hall–Kier alpha value is -0.940. The second kappa shape index (κ2) is 3.64. The summed E-state index contributed by atoms with van der Waals surface area (Å²) in [6.45, 7) is 1.45. The Labute approximate surface area is 74.5 Å². The van der Waals surface area contributed by atoms with E-state index >= 15 is 0 Å². The highest BCUT2D eigenvalue weighted by Crippen LogP contribution is 2.20. The molecule has 1 aromatic rings. The molecule has 12 heavy (non-hydrogen) atoms. The number of aliphatic hydroxyl groups excluding tert-OH is 1. The number of carbonyl (C=O) groups excluding carboxylic acids is 1. The molecular formula is C7H10N2O2S. The average Bonchev–Trinajstić information content (AvgIpc) is 2.50. The lowest BCUT2D eigenvalue weighted by Crippen LogP contribution is -2.22. The van der Waals surface area contributed by atoms with Crippen LogP contribution in [-0.4, -0.2) is 23.0 Å². The highest BCUT2D eigenvalue weighted by molar-refractivity contribution is 7.15. The Kier molecular flexibility index (Phi) is 2.78. The summed E-state index contributed by atoms with van der Waals surface area (Å²) < 4.78 is 0. The van der Waals surface area contributed by atoms with Crippen molar-refractivity contribution < 1.29 is 9.90 Å². The highest BCUT2D eigenvalue weighted by Gasteiger charge is 2.09. The monoisotopic (exact) mass is 186 g/mol. The molecule has 0 saturated carbocycles. The zero-order valence-corrected chi connectivity index (χ0v) is 7.76. The van der Waals surface area contributed by atoms with Gasteiger partial charge in [0.2, 0.25) is 5.91 Å². The first-order chi connectivity index (χ1) is 5.65. The summed E-state index contributed by atoms with van der Waals surface area (Å²) in [6.07, 6.45) is 1.57. The fraction of sp³-hybridized carbons (Fsp3) is 0.429. The van der Waals surface area contributed by atoms with Crippen molar-refractivity contribution in [2.24, 2.45) is 0 Å². The first-order valence-corrected chi connectivity index (χ1v) is 4.26. The van der Waals surface area contributed by atoms with Gasteiger partial charge in [-0.2, -0.15) is 0 Å². The number of carbonyl (C=O) groups is 1. The lowest BCUT2D eigenvalue weighted by molar-refractivity contribution is -0.116. The van der Waals surface area contributed by atoms with Gasteiger partial charge in [-0.3, -0.25) is 9.69 Å². The summed E-state index contributed by atoms with van der Waals surface area (Å²) >= 11 is 1.31. The topological polar surface area (TPSA) is 53.4 Å². The molecule has 0 bridgehead atoms. The Morgan fingerprint density at radius 1 is 1.83 bits per heavy atom. The molecule has 1 rings (SSSR count). The average molecular weight is 186 g/mol. The van der Waals surface area contributed by atoms with E-state index in [2.05, 4.69) is 4.98 Å². The van der Waals surface area contributed by atoms with Crippen molar-refractivity contribution in [1.29, 1.82) is 0 Å². The normalized spacial score (nSPS) is 9.92. The van der Waals surface area contributed by atoms with Crippen LogP contribution in [0.3, 0.4) is 0 Å². The van der Waals surface area contributed by atoms with Crippen molar-refractivity contribution in [2.45, 2.75) is 13.5 Å². The number of amides is 1. The number of thiazole rings is 1. The van der Waals surface area contributed by atoms with E-state index in [1.165, 1.54) is 23.2 Å². The van der Waals surface area contributed by atoms with Crippen LogP contribution in [0.5, 0.6) is 0 Å². The van der Waals surface area contributed by atoms with E-state index in [1.54, 1.807) is 13.2 Å². The standard InChI is InChI=1S/C7H10N2O2S/c1-5(11)9(2)7-8-3-6(4-10)12-7/h3,10H,4H2,1-2H3. The molecular weight excluding hydrogens is 176 g/mol. The summed E-state index contributed by atoms with van der Waals surface area (Å²) in [7, 11) is 1.66. The molecule has 5 heteroatoms. The first kappa shape index (κ1) is 9.15. The van der Waals surface area contributed by atoms with Gasteiger partial charge in [0.15, 0.2) is 5.13 Å². The van der Waals surface area contributed by atoms with Crippen LogP contribution in [0.25, 0.3) is 0 Å². The Morgan fingerprint density at radius 2 is 2.50 bits per heavy atom. The Morgan fingerprint density at radius 3 is 2.92 bits per heavy atom. The minimum absolute atomic E-state index is 0.0244. The van der Waals surface area contributed by atoms with Gasteiger partial charge in [0.1, 0.15) is 0 Å². The molecule has 66 valence electrons. The Balaban J connectivity index is 2.81. The van der Waals surface area contributed by atoms with Gasteiger partial charge in [-0.1, -0.05) is 11.3 Å². The quantitative estimate of drug-likeness (QED) is 0.736. The predicted octanol–water partition coefficient (Wildman–Crippen LogP) is 0.618. The van der Waals surface area contributed by atoms with Gasteiger partial charge in [-0.05, 0) is 0 Å². The van der Waals surface area contributed by atoms with Crippen molar-refractivity contribution in [3.63, 3.8) is 0 Å². The van der Waals surface area contributed by atoms with Gasteiger partial charge in [0.05, 0.1) is 11.5 Å². The van der Waals surface area contributed by atoms with E-state index in [4.69, 9.17) is 5.11 Å². The maximum absolute atomic E-state index is 10.9. The molecule has 1 amide bonds. The number of aliphatic hydroxyl groups is 1. The second-order valence-corrected chi connectivity index (χ2v) is 3.44. The smallest absolute Gasteiger partial charge is 0.225 e. The Bertz CT molecular complexity index is 285. The van der Waals surface area contributed by atoms with Crippen molar-refractivity contribution in [1.82, 2.24) is 4.98 Å². The van der Waals surface area contributed by atoms with Crippen molar-refractivity contribution in [3.05, 3.63) is 11.1 Å². The number of anilines is 1. The molecule has 4 nitrogen and oxygen atoms in total. The van der Waals surface area contributed by atoms with Crippen molar-refractivity contribution >= 4 is 22.4 Å². The fourth-order valence-corrected chi connectivity index (χ4v) is 1.44. The summed E-state index contributed by atoms with van der Waals surface area (Å²) in [5.74, 6) is -0.0613. The molecule has 0 aliphatic carbocycles. The lowest BCUT2D eigenvalue weighted by Gasteiger charge is -2.09. The molecule has 0 unspecified atom stereocenters. The van der Waals surface area contributed by atoms with E-state index in [9.17, 15) is 4.79 Å². The van der Waals surface area contributed by atoms with Gasteiger partial charge in [-0.25, -0.2) is 4.98 Å². The first-order valence-electron chi connectivity index (χ1n) is 3.45. The molecule has 0 aliphatic heterocycles. The minimum atomic E-state index is -0.0613. The number of hydrogen-bond donors (Lipinski definition) is 1. The van der Waals surface area contributed by atoms with Crippen LogP contribution in [0.1, 0.15) is 11.8 Å². The summed E-state index contributed by atoms with van der Waals surface area (Å²) in [4.78, 5) is 17.1. The molecule has 1 aromatic heterocycles. The van der Waals surface area contributed by atoms with Crippen LogP contribution in [0, 0.1) is 0 Å². The molecule has 0 spiro atoms. The molecule has 0 radical (unpaired) electrons. The van der Waals surface area contributed by atoms with E-state index in [0.717, 1.165) is 4.88 Å². The molecule has 0 fully saturated rings. The van der Waals surface area contributed by atoms with Crippen LogP contribution in [-0.2, 0) is 11.4 Å². The fourth-order valence-electron chi connectivity index (χ4n) is 0.660. The maximum Gasteiger partial charge on any atom is 0.225 e. The summed E-state index contributed by atoms with van der Waals surface area (Å²) in [5, 5.41) is 9.36. The van der Waals surface area contributed by atoms with Crippen LogP contribution >= 0.6 is 11.3 Å². The van der Waals surface area contributed by atoms with Crippen LogP contribution < -0.4 is 4.90 Å². The minimum Gasteiger partial charge on any atom is -0.391 e. The number of rotatable bonds is 2. The van der Waals surface area contributed by atoms with E-state index < -0.39 is 0 Å². The summed E-state index contributed by atoms with van der Waals surface area (Å²) in [6, 6.07) is 0. The van der Waals surface area contributed by atoms with E-state index in [0.29, 0.717) is 5.13 Å². The van der Waals surface area contributed by atoms with Crippen LogP contribution in [0.2, 0.25) is 0 Å². The molecule has 1 N–H and O–H groups in total. The van der Waals surface area contributed by atoms with Gasteiger partial charge in [0.25, 0.3) is 0 Å². The molecule has 0 atom stereocenters. The number of nitrogens with zero attached hydrogens (tertiary/aromatic N) is 2. The van der Waals surface area contributed by atoms with E-state index in [1.807, 2.05) is 0 Å². The van der Waals surface area contributed by atoms with E-state index in [-0.39, 0.29) is 12.5 Å². The molecule has 0 aliphatic rings. The van der Waals surface area contributed by atoms with Crippen molar-refractivity contribution in [3.8, 4) is 0 Å². The van der Waals surface area contributed by atoms with Gasteiger partial charge >= 0.3 is 0 Å². The van der Waals surface area contributed by atoms with Crippen LogP contribution in [0.4, 0.5) is 5.13 Å². The largest absolute Gasteiger partial charge is 0.391 e. The summed E-state index contributed by atoms with van der Waals surface area (Å²) in [5.41, 5.74) is 0. The number of hydrogen-bond acceptors (Lipinski definition) is 4. The third kappa shape index (κ3) is 1.80. The lowest BCUT2D eigenvalue weighted by atomic mass is 10.6.